The number of carbonyl (C=O) groups excluding carboxylic acids is 2. The van der Waals surface area contributed by atoms with Crippen LogP contribution < -0.4 is 10.6 Å². The number of nitrogens with zero attached hydrogens (tertiary/aromatic N) is 4. The maximum atomic E-state index is 14.1. The van der Waals surface area contributed by atoms with Crippen molar-refractivity contribution in [3.63, 3.8) is 0 Å². The molecule has 0 saturated carbocycles. The number of hydrazine groups is 1. The number of carbonyl (C=O) groups is 2. The third-order valence-corrected chi connectivity index (χ3v) is 9.27. The summed E-state index contributed by atoms with van der Waals surface area (Å²) in [6.07, 6.45) is 0.776. The molecule has 1 atom stereocenters. The summed E-state index contributed by atoms with van der Waals surface area (Å²) in [4.78, 5) is 29.2. The molecule has 2 N–H and O–H groups in total. The van der Waals surface area contributed by atoms with Gasteiger partial charge in [0.05, 0.1) is 37.4 Å². The van der Waals surface area contributed by atoms with Crippen LogP contribution in [0, 0.1) is 5.82 Å². The minimum absolute atomic E-state index is 0.0108. The molecule has 2 aromatic rings. The van der Waals surface area contributed by atoms with E-state index in [-0.39, 0.29) is 65.9 Å². The van der Waals surface area contributed by atoms with Gasteiger partial charge in [-0.05, 0) is 49.9 Å². The van der Waals surface area contributed by atoms with Crippen molar-refractivity contribution in [1.82, 2.24) is 18.8 Å². The zero-order chi connectivity index (χ0) is 29.4. The van der Waals surface area contributed by atoms with Gasteiger partial charge in [0, 0.05) is 32.8 Å². The Hall–Kier alpha value is -3.42. The molecule has 1 aromatic heterocycles. The number of nitrogens with two attached hydrogens (primary N) is 1. The van der Waals surface area contributed by atoms with Crippen LogP contribution in [0.15, 0.2) is 24.8 Å². The van der Waals surface area contributed by atoms with Crippen molar-refractivity contribution in [2.75, 3.05) is 39.6 Å². The molecule has 3 heterocycles. The van der Waals surface area contributed by atoms with Crippen LogP contribution in [0.1, 0.15) is 70.4 Å². The van der Waals surface area contributed by atoms with Gasteiger partial charge in [-0.2, -0.15) is 0 Å². The lowest BCUT2D eigenvalue weighted by atomic mass is 10.1. The van der Waals surface area contributed by atoms with Gasteiger partial charge in [-0.25, -0.2) is 18.7 Å². The van der Waals surface area contributed by atoms with Gasteiger partial charge in [0.25, 0.3) is 11.8 Å². The summed E-state index contributed by atoms with van der Waals surface area (Å²) in [5.41, 5.74) is 1.29. The number of benzene rings is 1. The molecule has 2 amide bonds. The molecule has 0 radical (unpaired) electrons. The highest BCUT2D eigenvalue weighted by Gasteiger charge is 2.41. The van der Waals surface area contributed by atoms with Gasteiger partial charge in [0.2, 0.25) is 10.0 Å². The quantitative estimate of drug-likeness (QED) is 0.430. The highest BCUT2D eigenvalue weighted by Crippen LogP contribution is 2.41. The zero-order valence-corrected chi connectivity index (χ0v) is 24.1. The van der Waals surface area contributed by atoms with E-state index < -0.39 is 21.7 Å². The topological polar surface area (TPSA) is 127 Å². The Morgan fingerprint density at radius 1 is 1.18 bits per heavy atom. The molecule has 1 aromatic carbocycles. The Balaban J connectivity index is 1.94. The van der Waals surface area contributed by atoms with Crippen molar-refractivity contribution < 1.29 is 31.9 Å². The second-order valence-corrected chi connectivity index (χ2v) is 12.1. The molecule has 13 heteroatoms. The number of halogens is 1. The van der Waals surface area contributed by atoms with Crippen LogP contribution in [0.2, 0.25) is 0 Å². The first kappa shape index (κ1) is 29.6. The molecule has 11 nitrogen and oxygen atoms in total. The van der Waals surface area contributed by atoms with Crippen LogP contribution in [0.5, 0.6) is 5.75 Å². The molecular formula is C27H36FN5O6S. The summed E-state index contributed by atoms with van der Waals surface area (Å²) >= 11 is 0. The van der Waals surface area contributed by atoms with E-state index >= 15 is 0 Å². The molecule has 0 spiro atoms. The molecule has 4 rings (SSSR count). The third kappa shape index (κ3) is 5.32. The summed E-state index contributed by atoms with van der Waals surface area (Å²) in [7, 11) is -1.14. The predicted molar refractivity (Wildman–Crippen MR) is 147 cm³/mol. The largest absolute Gasteiger partial charge is 0.493 e. The lowest BCUT2D eigenvalue weighted by Gasteiger charge is -2.34. The van der Waals surface area contributed by atoms with Crippen molar-refractivity contribution in [1.29, 1.82) is 0 Å². The van der Waals surface area contributed by atoms with E-state index in [9.17, 15) is 22.4 Å². The van der Waals surface area contributed by atoms with Crippen molar-refractivity contribution >= 4 is 27.5 Å². The van der Waals surface area contributed by atoms with Crippen LogP contribution in [0.4, 0.5) is 4.39 Å². The van der Waals surface area contributed by atoms with Crippen molar-refractivity contribution in [2.45, 2.75) is 45.9 Å². The predicted octanol–water partition coefficient (Wildman–Crippen LogP) is 2.73. The normalized spacial score (nSPS) is 20.7. The number of fused-ring (bicyclic) bond motifs is 4. The van der Waals surface area contributed by atoms with Gasteiger partial charge < -0.3 is 18.9 Å². The Morgan fingerprint density at radius 3 is 2.58 bits per heavy atom. The van der Waals surface area contributed by atoms with Crippen molar-refractivity contribution in [2.24, 2.45) is 5.84 Å². The van der Waals surface area contributed by atoms with Crippen LogP contribution in [0.25, 0.3) is 5.70 Å². The smallest absolute Gasteiger partial charge is 0.274 e. The molecule has 218 valence electrons. The number of aromatic nitrogens is 1. The Morgan fingerprint density at radius 2 is 1.90 bits per heavy atom. The maximum absolute atomic E-state index is 14.1. The number of ether oxygens (including phenoxy) is 2. The first-order valence-electron chi connectivity index (χ1n) is 13.1. The van der Waals surface area contributed by atoms with E-state index in [1.165, 1.54) is 32.4 Å². The number of amides is 2. The first-order valence-corrected chi connectivity index (χ1v) is 14.7. The maximum Gasteiger partial charge on any atom is 0.274 e. The van der Waals surface area contributed by atoms with Crippen LogP contribution in [-0.2, 0) is 27.9 Å². The highest BCUT2D eigenvalue weighted by molar-refractivity contribution is 7.89. The molecule has 2 aliphatic rings. The molecule has 0 unspecified atom stereocenters. The van der Waals surface area contributed by atoms with Gasteiger partial charge in [-0.15, -0.1) is 0 Å². The average Bonchev–Trinajstić information content (AvgIpc) is 3.28. The van der Waals surface area contributed by atoms with E-state index in [1.807, 2.05) is 13.8 Å². The monoisotopic (exact) mass is 577 g/mol. The minimum atomic E-state index is -3.85. The van der Waals surface area contributed by atoms with Crippen molar-refractivity contribution in [3.8, 4) is 5.75 Å². The lowest BCUT2D eigenvalue weighted by molar-refractivity contribution is 0.0681. The summed E-state index contributed by atoms with van der Waals surface area (Å²) < 4.78 is 54.7. The number of rotatable bonds is 2. The first-order chi connectivity index (χ1) is 18.9. The second-order valence-electron chi connectivity index (χ2n) is 10.0. The number of hydrogen-bond acceptors (Lipinski definition) is 7. The van der Waals surface area contributed by atoms with E-state index in [2.05, 4.69) is 6.58 Å². The molecule has 0 saturated heterocycles. The fraction of sp³-hybridized carbons (Fsp3) is 0.481. The van der Waals surface area contributed by atoms with Crippen molar-refractivity contribution in [3.05, 3.63) is 58.7 Å². The third-order valence-electron chi connectivity index (χ3n) is 7.41. The Labute approximate surface area is 233 Å². The van der Waals surface area contributed by atoms with Gasteiger partial charge in [0.1, 0.15) is 11.4 Å². The SMILES string of the molecule is C=C1c2c(c(OC)c3n2[C@@H](C)CN(CC)C3=O)C(=O)N(N)Cc2ccc(F)cc2COCCCCS(=O)(=O)N1C. The highest BCUT2D eigenvalue weighted by atomic mass is 32.2. The van der Waals surface area contributed by atoms with Gasteiger partial charge in [-0.3, -0.25) is 18.9 Å². The summed E-state index contributed by atoms with van der Waals surface area (Å²) in [5.74, 6) is 4.58. The summed E-state index contributed by atoms with van der Waals surface area (Å²) in [6, 6.07) is 3.81. The van der Waals surface area contributed by atoms with E-state index in [4.69, 9.17) is 15.3 Å². The number of methoxy groups -OCH3 is 1. The Bertz CT molecular complexity index is 1440. The molecule has 0 aliphatic carbocycles. The molecule has 0 fully saturated rings. The van der Waals surface area contributed by atoms with Crippen LogP contribution >= 0.6 is 0 Å². The fourth-order valence-corrected chi connectivity index (χ4v) is 6.47. The fourth-order valence-electron chi connectivity index (χ4n) is 5.20. The number of hydrogen-bond donors (Lipinski definition) is 1. The number of sulfonamides is 1. The summed E-state index contributed by atoms with van der Waals surface area (Å²) in [6.45, 7) is 8.78. The van der Waals surface area contributed by atoms with Crippen LogP contribution in [0.3, 0.4) is 0 Å². The zero-order valence-electron chi connectivity index (χ0n) is 23.3. The summed E-state index contributed by atoms with van der Waals surface area (Å²) in [5, 5.41) is 0.935. The van der Waals surface area contributed by atoms with E-state index in [0.29, 0.717) is 37.1 Å². The van der Waals surface area contributed by atoms with Gasteiger partial charge >= 0.3 is 0 Å². The molecule has 0 bridgehead atoms. The van der Waals surface area contributed by atoms with E-state index in [1.54, 1.807) is 9.47 Å². The lowest BCUT2D eigenvalue weighted by Crippen LogP contribution is -2.42. The van der Waals surface area contributed by atoms with Crippen LogP contribution in [-0.4, -0.2) is 78.6 Å². The molecular weight excluding hydrogens is 541 g/mol. The van der Waals surface area contributed by atoms with Gasteiger partial charge in [0.15, 0.2) is 11.4 Å². The van der Waals surface area contributed by atoms with E-state index in [0.717, 1.165) is 9.31 Å². The minimum Gasteiger partial charge on any atom is -0.493 e. The number of likely N-dealkylation sites (N-methyl/N-ethyl adjacent to an activating group) is 1. The van der Waals surface area contributed by atoms with Gasteiger partial charge in [-0.1, -0.05) is 12.6 Å². The average molecular weight is 578 g/mol. The second kappa shape index (κ2) is 11.6. The Kier molecular flexibility index (Phi) is 8.57. The molecule has 2 aliphatic heterocycles. The molecule has 40 heavy (non-hydrogen) atoms. The standard InChI is InChI=1S/C27H36FN5O6S/c1-6-31-14-17(2)33-23-18(3)30(4)40(36,37)12-8-7-11-39-16-20-13-21(28)10-9-19(20)15-32(29)26(34)22(23)25(38-5)24(33)27(31)35/h9-10,13,17H,3,6-8,11-12,14-16,29H2,1-2,4-5H3/t17-/m0/s1.